The first-order valence-corrected chi connectivity index (χ1v) is 8.98. The summed E-state index contributed by atoms with van der Waals surface area (Å²) < 4.78 is 7.41. The van der Waals surface area contributed by atoms with E-state index in [0.29, 0.717) is 24.2 Å². The van der Waals surface area contributed by atoms with Gasteiger partial charge in [0.2, 0.25) is 5.82 Å². The third-order valence-electron chi connectivity index (χ3n) is 4.17. The van der Waals surface area contributed by atoms with Crippen LogP contribution in [0.4, 0.5) is 0 Å². The van der Waals surface area contributed by atoms with Gasteiger partial charge in [-0.2, -0.15) is 10.1 Å². The maximum atomic E-state index is 5.64. The summed E-state index contributed by atoms with van der Waals surface area (Å²) >= 11 is 1.62. The van der Waals surface area contributed by atoms with Crippen LogP contribution in [0, 0.1) is 0 Å². The van der Waals surface area contributed by atoms with Gasteiger partial charge < -0.3 is 10.3 Å². The molecule has 4 rings (SSSR count). The molecule has 128 valence electrons. The average molecular weight is 353 g/mol. The van der Waals surface area contributed by atoms with Gasteiger partial charge >= 0.3 is 0 Å². The van der Waals surface area contributed by atoms with Crippen molar-refractivity contribution >= 4 is 21.6 Å². The number of aromatic nitrogens is 4. The molecule has 0 bridgehead atoms. The highest BCUT2D eigenvalue weighted by Gasteiger charge is 2.19. The number of rotatable bonds is 4. The molecule has 0 aliphatic carbocycles. The minimum absolute atomic E-state index is 0.366. The van der Waals surface area contributed by atoms with E-state index in [9.17, 15) is 0 Å². The molecule has 7 heteroatoms. The van der Waals surface area contributed by atoms with Crippen LogP contribution < -0.4 is 5.73 Å². The van der Waals surface area contributed by atoms with Crippen LogP contribution in [0.15, 0.2) is 34.9 Å². The first-order chi connectivity index (χ1) is 12.1. The fourth-order valence-electron chi connectivity index (χ4n) is 2.83. The maximum Gasteiger partial charge on any atom is 0.268 e. The van der Waals surface area contributed by atoms with Crippen molar-refractivity contribution in [2.75, 3.05) is 0 Å². The summed E-state index contributed by atoms with van der Waals surface area (Å²) in [6.45, 7) is 4.82. The van der Waals surface area contributed by atoms with Crippen LogP contribution in [0.3, 0.4) is 0 Å². The zero-order chi connectivity index (χ0) is 17.6. The molecule has 1 aromatic carbocycles. The second kappa shape index (κ2) is 6.09. The smallest absolute Gasteiger partial charge is 0.268 e. The van der Waals surface area contributed by atoms with Gasteiger partial charge in [-0.1, -0.05) is 43.3 Å². The van der Waals surface area contributed by atoms with E-state index in [2.05, 4.69) is 35.2 Å². The molecule has 0 fully saturated rings. The van der Waals surface area contributed by atoms with Crippen molar-refractivity contribution in [2.45, 2.75) is 26.3 Å². The number of hydrogen-bond donors (Lipinski definition) is 1. The summed E-state index contributed by atoms with van der Waals surface area (Å²) in [5.74, 6) is 1.48. The minimum atomic E-state index is 0.366. The van der Waals surface area contributed by atoms with Crippen molar-refractivity contribution < 1.29 is 4.52 Å². The number of nitrogens with two attached hydrogens (primary N) is 1. The summed E-state index contributed by atoms with van der Waals surface area (Å²) in [7, 11) is 1.97. The normalized spacial score (nSPS) is 11.7. The molecule has 4 aromatic rings. The molecule has 0 aliphatic rings. The van der Waals surface area contributed by atoms with E-state index in [4.69, 9.17) is 10.3 Å². The summed E-state index contributed by atoms with van der Waals surface area (Å²) in [4.78, 5) is 6.63. The molecule has 25 heavy (non-hydrogen) atoms. The Hall–Kier alpha value is -2.51. The molecule has 0 atom stereocenters. The van der Waals surface area contributed by atoms with E-state index >= 15 is 0 Å². The molecule has 0 saturated carbocycles. The molecule has 3 heterocycles. The van der Waals surface area contributed by atoms with Gasteiger partial charge in [-0.3, -0.25) is 4.68 Å². The van der Waals surface area contributed by atoms with Crippen LogP contribution in [0.1, 0.15) is 31.0 Å². The lowest BCUT2D eigenvalue weighted by Crippen LogP contribution is -1.95. The Bertz CT molecular complexity index is 1030. The van der Waals surface area contributed by atoms with Crippen LogP contribution in [0.25, 0.3) is 32.4 Å². The summed E-state index contributed by atoms with van der Waals surface area (Å²) in [5.41, 5.74) is 8.72. The van der Waals surface area contributed by atoms with Crippen LogP contribution >= 0.6 is 11.3 Å². The Morgan fingerprint density at radius 3 is 2.68 bits per heavy atom. The number of fused-ring (bicyclic) bond motifs is 1. The Morgan fingerprint density at radius 1 is 1.24 bits per heavy atom. The van der Waals surface area contributed by atoms with Crippen molar-refractivity contribution in [3.8, 4) is 22.2 Å². The van der Waals surface area contributed by atoms with E-state index < -0.39 is 0 Å². The van der Waals surface area contributed by atoms with E-state index in [1.807, 2.05) is 36.0 Å². The predicted molar refractivity (Wildman–Crippen MR) is 99.3 cm³/mol. The average Bonchev–Trinajstić information content (AvgIpc) is 3.31. The van der Waals surface area contributed by atoms with Gasteiger partial charge in [0.05, 0.1) is 10.6 Å². The van der Waals surface area contributed by atoms with Gasteiger partial charge in [-0.25, -0.2) is 0 Å². The van der Waals surface area contributed by atoms with Crippen LogP contribution in [0.2, 0.25) is 0 Å². The molecule has 0 amide bonds. The quantitative estimate of drug-likeness (QED) is 0.601. The number of aryl methyl sites for hydroxylation is 1. The lowest BCUT2D eigenvalue weighted by molar-refractivity contribution is 0.433. The molecule has 0 saturated heterocycles. The zero-order valence-corrected chi connectivity index (χ0v) is 15.2. The maximum absolute atomic E-state index is 5.64. The molecule has 0 aliphatic heterocycles. The van der Waals surface area contributed by atoms with E-state index in [1.54, 1.807) is 11.3 Å². The van der Waals surface area contributed by atoms with Gasteiger partial charge in [0, 0.05) is 24.5 Å². The SMILES string of the molecule is CC(C)c1nn(C)c2sc(-c3nc(-c4ccc(CN)cc4)no3)cc12. The lowest BCUT2D eigenvalue weighted by atomic mass is 10.1. The van der Waals surface area contributed by atoms with Gasteiger partial charge in [0.1, 0.15) is 4.83 Å². The van der Waals surface area contributed by atoms with Crippen molar-refractivity contribution in [1.82, 2.24) is 19.9 Å². The Morgan fingerprint density at radius 2 is 2.00 bits per heavy atom. The fraction of sp³-hybridized carbons (Fsp3) is 0.278. The zero-order valence-electron chi connectivity index (χ0n) is 14.4. The summed E-state index contributed by atoms with van der Waals surface area (Å²) in [6, 6.07) is 9.97. The van der Waals surface area contributed by atoms with E-state index in [1.165, 1.54) is 0 Å². The molecular formula is C18H19N5OS. The number of nitrogens with zero attached hydrogens (tertiary/aromatic N) is 4. The molecule has 2 N–H and O–H groups in total. The Kier molecular flexibility index (Phi) is 3.89. The molecule has 6 nitrogen and oxygen atoms in total. The lowest BCUT2D eigenvalue weighted by Gasteiger charge is -1.98. The molecule has 0 unspecified atom stereocenters. The summed E-state index contributed by atoms with van der Waals surface area (Å²) in [5, 5.41) is 9.88. The molecule has 0 radical (unpaired) electrons. The van der Waals surface area contributed by atoms with Gasteiger partial charge in [0.15, 0.2) is 0 Å². The highest BCUT2D eigenvalue weighted by Crippen LogP contribution is 2.36. The van der Waals surface area contributed by atoms with Crippen LogP contribution in [-0.2, 0) is 13.6 Å². The second-order valence-corrected chi connectivity index (χ2v) is 7.35. The minimum Gasteiger partial charge on any atom is -0.333 e. The van der Waals surface area contributed by atoms with Gasteiger partial charge in [0.25, 0.3) is 5.89 Å². The molecular weight excluding hydrogens is 334 g/mol. The van der Waals surface area contributed by atoms with Crippen molar-refractivity contribution in [2.24, 2.45) is 12.8 Å². The third-order valence-corrected chi connectivity index (χ3v) is 5.36. The third kappa shape index (κ3) is 2.75. The monoisotopic (exact) mass is 353 g/mol. The van der Waals surface area contributed by atoms with E-state index in [0.717, 1.165) is 31.9 Å². The van der Waals surface area contributed by atoms with Gasteiger partial charge in [-0.05, 0) is 17.5 Å². The Balaban J connectivity index is 1.72. The standard InChI is InChI=1S/C18H19N5OS/c1-10(2)15-13-8-14(25-18(13)23(3)21-15)17-20-16(22-24-17)12-6-4-11(9-19)5-7-12/h4-8,10H,9,19H2,1-3H3. The largest absolute Gasteiger partial charge is 0.333 e. The summed E-state index contributed by atoms with van der Waals surface area (Å²) in [6.07, 6.45) is 0. The molecule has 0 spiro atoms. The van der Waals surface area contributed by atoms with Gasteiger partial charge in [-0.15, -0.1) is 11.3 Å². The first kappa shape index (κ1) is 16.0. The number of benzene rings is 1. The highest BCUT2D eigenvalue weighted by atomic mass is 32.1. The fourth-order valence-corrected chi connectivity index (χ4v) is 3.83. The topological polar surface area (TPSA) is 82.8 Å². The highest BCUT2D eigenvalue weighted by molar-refractivity contribution is 7.21. The van der Waals surface area contributed by atoms with Crippen LogP contribution in [0.5, 0.6) is 0 Å². The molecule has 3 aromatic heterocycles. The van der Waals surface area contributed by atoms with Crippen molar-refractivity contribution in [3.63, 3.8) is 0 Å². The number of hydrogen-bond acceptors (Lipinski definition) is 6. The predicted octanol–water partition coefficient (Wildman–Crippen LogP) is 3.93. The second-order valence-electron chi connectivity index (χ2n) is 6.32. The van der Waals surface area contributed by atoms with Crippen molar-refractivity contribution in [1.29, 1.82) is 0 Å². The first-order valence-electron chi connectivity index (χ1n) is 8.16. The van der Waals surface area contributed by atoms with E-state index in [-0.39, 0.29) is 0 Å². The Labute approximate surface area is 149 Å². The number of thiophene rings is 1. The van der Waals surface area contributed by atoms with Crippen molar-refractivity contribution in [3.05, 3.63) is 41.6 Å². The van der Waals surface area contributed by atoms with Crippen LogP contribution in [-0.4, -0.2) is 19.9 Å².